The molecule has 2 aromatic heterocycles. The number of aliphatic hydroxyl groups is 1. The number of rotatable bonds is 2. The molecule has 3 rings (SSSR count). The van der Waals surface area contributed by atoms with Gasteiger partial charge in [0.05, 0.1) is 21.1 Å². The Balaban J connectivity index is 2.16. The van der Waals surface area contributed by atoms with Gasteiger partial charge < -0.3 is 5.11 Å². The summed E-state index contributed by atoms with van der Waals surface area (Å²) < 4.78 is 0. The van der Waals surface area contributed by atoms with Crippen molar-refractivity contribution in [3.63, 3.8) is 0 Å². The number of fused-ring (bicyclic) bond motifs is 1. The Hall–Kier alpha value is -1.78. The number of para-hydroxylation sites is 1. The van der Waals surface area contributed by atoms with Crippen molar-refractivity contribution in [3.05, 3.63) is 57.7 Å². The second-order valence-corrected chi connectivity index (χ2v) is 5.74. The van der Waals surface area contributed by atoms with Crippen LogP contribution in [-0.2, 0) is 0 Å². The minimum atomic E-state index is -0.662. The number of pyridine rings is 1. The van der Waals surface area contributed by atoms with Gasteiger partial charge in [-0.1, -0.05) is 24.3 Å². The van der Waals surface area contributed by atoms with Crippen molar-refractivity contribution in [2.45, 2.75) is 20.0 Å². The molecule has 1 N–H and O–H groups in total. The largest absolute Gasteiger partial charge is 0.383 e. The molecular formula is C15H14N2OS. The first-order valence-electron chi connectivity index (χ1n) is 6.12. The summed E-state index contributed by atoms with van der Waals surface area (Å²) in [7, 11) is 0. The summed E-state index contributed by atoms with van der Waals surface area (Å²) in [5, 5.41) is 12.6. The van der Waals surface area contributed by atoms with Crippen LogP contribution < -0.4 is 0 Å². The van der Waals surface area contributed by atoms with Crippen LogP contribution in [-0.4, -0.2) is 15.1 Å². The Morgan fingerprint density at radius 2 is 1.95 bits per heavy atom. The summed E-state index contributed by atoms with van der Waals surface area (Å²) in [6, 6.07) is 9.79. The van der Waals surface area contributed by atoms with Crippen molar-refractivity contribution in [2.24, 2.45) is 0 Å². The second kappa shape index (κ2) is 4.72. The number of nitrogens with zero attached hydrogens (tertiary/aromatic N) is 2. The monoisotopic (exact) mass is 270 g/mol. The van der Waals surface area contributed by atoms with Gasteiger partial charge in [-0.3, -0.25) is 4.98 Å². The van der Waals surface area contributed by atoms with Crippen LogP contribution in [0.25, 0.3) is 10.9 Å². The second-order valence-electron chi connectivity index (χ2n) is 4.51. The van der Waals surface area contributed by atoms with Gasteiger partial charge in [-0.25, -0.2) is 4.98 Å². The number of benzene rings is 1. The standard InChI is InChI=1S/C15H14N2OS/c1-9-15(19-10(2)17-9)14(18)12-7-3-5-11-6-4-8-16-13(11)12/h3-8,14,18H,1-2H3. The van der Waals surface area contributed by atoms with Gasteiger partial charge in [-0.2, -0.15) is 0 Å². The molecule has 0 aliphatic rings. The highest BCUT2D eigenvalue weighted by Crippen LogP contribution is 2.32. The van der Waals surface area contributed by atoms with E-state index in [0.717, 1.165) is 32.0 Å². The van der Waals surface area contributed by atoms with Gasteiger partial charge in [0.25, 0.3) is 0 Å². The minimum Gasteiger partial charge on any atom is -0.383 e. The molecule has 0 amide bonds. The van der Waals surface area contributed by atoms with Crippen molar-refractivity contribution >= 4 is 22.2 Å². The molecule has 0 radical (unpaired) electrons. The predicted molar refractivity (Wildman–Crippen MR) is 77.4 cm³/mol. The SMILES string of the molecule is Cc1nc(C)c(C(O)c2cccc3cccnc23)s1. The van der Waals surface area contributed by atoms with Crippen molar-refractivity contribution in [2.75, 3.05) is 0 Å². The molecule has 2 heterocycles. The molecule has 0 aliphatic heterocycles. The fourth-order valence-electron chi connectivity index (χ4n) is 2.29. The third-order valence-electron chi connectivity index (χ3n) is 3.15. The maximum absolute atomic E-state index is 10.6. The molecule has 1 aromatic carbocycles. The smallest absolute Gasteiger partial charge is 0.117 e. The molecule has 3 nitrogen and oxygen atoms in total. The predicted octanol–water partition coefficient (Wildman–Crippen LogP) is 3.39. The van der Waals surface area contributed by atoms with Gasteiger partial charge >= 0.3 is 0 Å². The Morgan fingerprint density at radius 1 is 1.16 bits per heavy atom. The van der Waals surface area contributed by atoms with Gasteiger partial charge in [-0.05, 0) is 19.9 Å². The topological polar surface area (TPSA) is 46.0 Å². The lowest BCUT2D eigenvalue weighted by molar-refractivity contribution is 0.224. The minimum absolute atomic E-state index is 0.662. The Bertz CT molecular complexity index is 731. The van der Waals surface area contributed by atoms with E-state index in [9.17, 15) is 5.11 Å². The summed E-state index contributed by atoms with van der Waals surface area (Å²) in [4.78, 5) is 9.66. The zero-order chi connectivity index (χ0) is 13.4. The molecule has 4 heteroatoms. The third kappa shape index (κ3) is 2.13. The van der Waals surface area contributed by atoms with Gasteiger partial charge in [0.2, 0.25) is 0 Å². The highest BCUT2D eigenvalue weighted by atomic mass is 32.1. The lowest BCUT2D eigenvalue weighted by atomic mass is 10.0. The molecular weight excluding hydrogens is 256 g/mol. The maximum Gasteiger partial charge on any atom is 0.117 e. The van der Waals surface area contributed by atoms with Crippen molar-refractivity contribution in [1.29, 1.82) is 0 Å². The molecule has 19 heavy (non-hydrogen) atoms. The van der Waals surface area contributed by atoms with Gasteiger partial charge in [0.1, 0.15) is 6.10 Å². The first-order chi connectivity index (χ1) is 9.16. The number of aromatic nitrogens is 2. The molecule has 0 bridgehead atoms. The van der Waals surface area contributed by atoms with Crippen LogP contribution in [0, 0.1) is 13.8 Å². The zero-order valence-electron chi connectivity index (χ0n) is 10.8. The van der Waals surface area contributed by atoms with E-state index in [1.807, 2.05) is 44.2 Å². The quantitative estimate of drug-likeness (QED) is 0.776. The molecule has 0 spiro atoms. The first kappa shape index (κ1) is 12.3. The molecule has 1 atom stereocenters. The van der Waals surface area contributed by atoms with Crippen molar-refractivity contribution in [1.82, 2.24) is 9.97 Å². The highest BCUT2D eigenvalue weighted by molar-refractivity contribution is 7.11. The van der Waals surface area contributed by atoms with E-state index >= 15 is 0 Å². The molecule has 1 unspecified atom stereocenters. The summed E-state index contributed by atoms with van der Waals surface area (Å²) in [6.07, 6.45) is 1.09. The summed E-state index contributed by atoms with van der Waals surface area (Å²) in [5.41, 5.74) is 2.58. The maximum atomic E-state index is 10.6. The fraction of sp³-hybridized carbons (Fsp3) is 0.200. The lowest BCUT2D eigenvalue weighted by Crippen LogP contribution is -2.01. The highest BCUT2D eigenvalue weighted by Gasteiger charge is 2.19. The van der Waals surface area contributed by atoms with Crippen LogP contribution >= 0.6 is 11.3 Å². The van der Waals surface area contributed by atoms with Crippen LogP contribution in [0.5, 0.6) is 0 Å². The summed E-state index contributed by atoms with van der Waals surface area (Å²) >= 11 is 1.54. The number of aliphatic hydroxyl groups excluding tert-OH is 1. The van der Waals surface area contributed by atoms with Crippen LogP contribution in [0.15, 0.2) is 36.5 Å². The van der Waals surface area contributed by atoms with E-state index in [-0.39, 0.29) is 0 Å². The van der Waals surface area contributed by atoms with Crippen LogP contribution in [0.4, 0.5) is 0 Å². The van der Waals surface area contributed by atoms with Crippen molar-refractivity contribution in [3.8, 4) is 0 Å². The zero-order valence-corrected chi connectivity index (χ0v) is 11.6. The lowest BCUT2D eigenvalue weighted by Gasteiger charge is -2.12. The van der Waals surface area contributed by atoms with Gasteiger partial charge in [0, 0.05) is 17.1 Å². The molecule has 96 valence electrons. The number of aryl methyl sites for hydroxylation is 2. The molecule has 3 aromatic rings. The Morgan fingerprint density at radius 3 is 2.68 bits per heavy atom. The molecule has 0 saturated heterocycles. The van der Waals surface area contributed by atoms with Crippen LogP contribution in [0.2, 0.25) is 0 Å². The first-order valence-corrected chi connectivity index (χ1v) is 6.94. The number of hydrogen-bond acceptors (Lipinski definition) is 4. The van der Waals surface area contributed by atoms with E-state index in [4.69, 9.17) is 0 Å². The summed E-state index contributed by atoms with van der Waals surface area (Å²) in [6.45, 7) is 3.88. The Kier molecular flexibility index (Phi) is 3.05. The normalized spacial score (nSPS) is 12.8. The van der Waals surface area contributed by atoms with E-state index < -0.39 is 6.10 Å². The summed E-state index contributed by atoms with van der Waals surface area (Å²) in [5.74, 6) is 0. The molecule has 0 fully saturated rings. The van der Waals surface area contributed by atoms with E-state index in [2.05, 4.69) is 9.97 Å². The van der Waals surface area contributed by atoms with E-state index in [0.29, 0.717) is 0 Å². The van der Waals surface area contributed by atoms with Gasteiger partial charge in [0.15, 0.2) is 0 Å². The average molecular weight is 270 g/mol. The van der Waals surface area contributed by atoms with Gasteiger partial charge in [-0.15, -0.1) is 11.3 Å². The number of hydrogen-bond donors (Lipinski definition) is 1. The molecule has 0 aliphatic carbocycles. The fourth-order valence-corrected chi connectivity index (χ4v) is 3.22. The van der Waals surface area contributed by atoms with E-state index in [1.165, 1.54) is 11.3 Å². The Labute approximate surface area is 115 Å². The van der Waals surface area contributed by atoms with E-state index in [1.54, 1.807) is 6.20 Å². The molecule has 0 saturated carbocycles. The number of thiazole rings is 1. The van der Waals surface area contributed by atoms with Crippen LogP contribution in [0.1, 0.15) is 27.2 Å². The van der Waals surface area contributed by atoms with Crippen LogP contribution in [0.3, 0.4) is 0 Å². The third-order valence-corrected chi connectivity index (χ3v) is 4.27. The van der Waals surface area contributed by atoms with Crippen molar-refractivity contribution < 1.29 is 5.11 Å². The average Bonchev–Trinajstić information content (AvgIpc) is 2.76.